The smallest absolute Gasteiger partial charge is 0.251 e. The van der Waals surface area contributed by atoms with Crippen LogP contribution < -0.4 is 26.0 Å². The number of aliphatic hydroxyl groups is 2. The maximum absolute atomic E-state index is 14.1. The first kappa shape index (κ1) is 35.6. The molecule has 3 aliphatic carbocycles. The van der Waals surface area contributed by atoms with Crippen molar-refractivity contribution >= 4 is 23.3 Å². The Morgan fingerprint density at radius 1 is 1.23 bits per heavy atom. The van der Waals surface area contributed by atoms with Gasteiger partial charge in [-0.25, -0.2) is 0 Å². The van der Waals surface area contributed by atoms with Crippen molar-refractivity contribution in [3.8, 4) is 16.9 Å². The molecule has 0 unspecified atom stereocenters. The highest BCUT2D eigenvalue weighted by Crippen LogP contribution is 2.61. The van der Waals surface area contributed by atoms with E-state index in [1.165, 1.54) is 6.42 Å². The first-order valence-corrected chi connectivity index (χ1v) is 16.8. The van der Waals surface area contributed by atoms with Crippen LogP contribution >= 0.6 is 0 Å². The average molecular weight is 665 g/mol. The Morgan fingerprint density at radius 2 is 1.96 bits per heavy atom. The van der Waals surface area contributed by atoms with Crippen molar-refractivity contribution in [3.63, 3.8) is 0 Å². The molecule has 2 aromatic carbocycles. The minimum Gasteiger partial charge on any atom is -0.496 e. The van der Waals surface area contributed by atoms with Crippen LogP contribution in [0.1, 0.15) is 56.5 Å². The highest BCUT2D eigenvalue weighted by molar-refractivity contribution is 5.99. The third-order valence-corrected chi connectivity index (χ3v) is 11.1. The number of nitrogens with two attached hydrogens (primary N) is 1. The maximum Gasteiger partial charge on any atom is 0.251 e. The van der Waals surface area contributed by atoms with E-state index in [9.17, 15) is 19.8 Å². The van der Waals surface area contributed by atoms with E-state index in [0.717, 1.165) is 28.8 Å². The molecule has 12 heteroatoms. The Labute approximate surface area is 283 Å². The monoisotopic (exact) mass is 664 g/mol. The van der Waals surface area contributed by atoms with Gasteiger partial charge in [-0.3, -0.25) is 19.8 Å². The number of carbonyl (C=O) groups is 2. The lowest BCUT2D eigenvalue weighted by Gasteiger charge is -2.62. The number of nitrogens with one attached hydrogen (secondary N) is 3. The summed E-state index contributed by atoms with van der Waals surface area (Å²) in [6, 6.07) is 10.3. The van der Waals surface area contributed by atoms with Gasteiger partial charge in [0.1, 0.15) is 23.7 Å². The summed E-state index contributed by atoms with van der Waals surface area (Å²) in [5.41, 5.74) is 9.10. The molecule has 2 aromatic rings. The van der Waals surface area contributed by atoms with Gasteiger partial charge >= 0.3 is 0 Å². The van der Waals surface area contributed by atoms with Crippen molar-refractivity contribution in [3.05, 3.63) is 47.5 Å². The number of para-hydroxylation sites is 1. The zero-order valence-electron chi connectivity index (χ0n) is 29.1. The fraction of sp³-hybridized carbons (Fsp3) is 0.583. The molecule has 48 heavy (non-hydrogen) atoms. The number of carbonyl (C=O) groups excluding carboxylic acids is 2. The van der Waals surface area contributed by atoms with E-state index in [1.807, 2.05) is 43.3 Å². The number of amides is 2. The van der Waals surface area contributed by atoms with Crippen molar-refractivity contribution in [2.75, 3.05) is 39.3 Å². The van der Waals surface area contributed by atoms with Crippen LogP contribution in [-0.2, 0) is 16.2 Å². The summed E-state index contributed by atoms with van der Waals surface area (Å²) in [7, 11) is 5.34. The van der Waals surface area contributed by atoms with Crippen molar-refractivity contribution < 1.29 is 29.4 Å². The van der Waals surface area contributed by atoms with Gasteiger partial charge in [-0.15, -0.1) is 0 Å². The van der Waals surface area contributed by atoms with Crippen LogP contribution in [0.2, 0.25) is 0 Å². The molecule has 2 amide bonds. The van der Waals surface area contributed by atoms with E-state index in [4.69, 9.17) is 20.7 Å². The second-order valence-electron chi connectivity index (χ2n) is 14.6. The molecule has 7 N–H and O–H groups in total. The van der Waals surface area contributed by atoms with Crippen LogP contribution in [0.5, 0.6) is 5.75 Å². The average Bonchev–Trinajstić information content (AvgIpc) is 3.42. The van der Waals surface area contributed by atoms with Crippen LogP contribution in [0.15, 0.2) is 36.4 Å². The number of aliphatic hydroxyl groups excluding tert-OH is 2. The second kappa shape index (κ2) is 14.0. The molecule has 262 valence electrons. The predicted octanol–water partition coefficient (Wildman–Crippen LogP) is 2.75. The molecule has 12 nitrogen and oxygen atoms in total. The molecular formula is C36H52N6O6. The van der Waals surface area contributed by atoms with Gasteiger partial charge in [-0.2, -0.15) is 5.06 Å². The summed E-state index contributed by atoms with van der Waals surface area (Å²) in [5, 5.41) is 36.2. The largest absolute Gasteiger partial charge is 0.496 e. The van der Waals surface area contributed by atoms with Crippen molar-refractivity contribution in [2.45, 2.75) is 71.4 Å². The van der Waals surface area contributed by atoms with E-state index in [1.54, 1.807) is 31.2 Å². The summed E-state index contributed by atoms with van der Waals surface area (Å²) in [6.07, 6.45) is 0.441. The number of ether oxygens (including phenoxy) is 1. The Bertz CT molecular complexity index is 1530. The summed E-state index contributed by atoms with van der Waals surface area (Å²) in [6.45, 7) is 8.23. The van der Waals surface area contributed by atoms with Gasteiger partial charge in [0.05, 0.1) is 32.9 Å². The topological polar surface area (TPSA) is 173 Å². The molecule has 4 fully saturated rings. The number of hydroxylamine groups is 2. The zero-order valence-corrected chi connectivity index (χ0v) is 29.1. The van der Waals surface area contributed by atoms with Gasteiger partial charge in [-0.1, -0.05) is 39.0 Å². The molecule has 2 bridgehead atoms. The lowest BCUT2D eigenvalue weighted by molar-refractivity contribution is -0.183. The van der Waals surface area contributed by atoms with Crippen LogP contribution in [-0.4, -0.2) is 91.6 Å². The van der Waals surface area contributed by atoms with Crippen molar-refractivity contribution in [1.82, 2.24) is 15.7 Å². The summed E-state index contributed by atoms with van der Waals surface area (Å²) in [4.78, 5) is 35.3. The van der Waals surface area contributed by atoms with E-state index >= 15 is 0 Å². The van der Waals surface area contributed by atoms with E-state index in [0.29, 0.717) is 29.1 Å². The number of nitrogens with zero attached hydrogens (tertiary/aromatic N) is 2. The molecule has 6 rings (SSSR count). The molecule has 0 radical (unpaired) electrons. The number of benzene rings is 2. The van der Waals surface area contributed by atoms with Gasteiger partial charge in [0.15, 0.2) is 0 Å². The second-order valence-corrected chi connectivity index (χ2v) is 14.6. The van der Waals surface area contributed by atoms with Crippen LogP contribution in [0.3, 0.4) is 0 Å². The Morgan fingerprint density at radius 3 is 2.54 bits per heavy atom. The predicted molar refractivity (Wildman–Crippen MR) is 185 cm³/mol. The number of methoxy groups -OCH3 is 1. The van der Waals surface area contributed by atoms with Gasteiger partial charge in [0, 0.05) is 48.4 Å². The molecule has 1 saturated heterocycles. The molecule has 3 saturated carbocycles. The van der Waals surface area contributed by atoms with Crippen LogP contribution in [0.25, 0.3) is 11.1 Å². The molecule has 0 aromatic heterocycles. The summed E-state index contributed by atoms with van der Waals surface area (Å²) in [5.74, 6) is 0.600. The van der Waals surface area contributed by atoms with Gasteiger partial charge in [0.2, 0.25) is 5.91 Å². The number of anilines is 1. The highest BCUT2D eigenvalue weighted by atomic mass is 16.7. The first-order valence-electron chi connectivity index (χ1n) is 16.8. The van der Waals surface area contributed by atoms with E-state index in [-0.39, 0.29) is 48.8 Å². The third kappa shape index (κ3) is 6.76. The minimum atomic E-state index is -0.909. The van der Waals surface area contributed by atoms with Gasteiger partial charge in [-0.05, 0) is 66.7 Å². The summed E-state index contributed by atoms with van der Waals surface area (Å²) < 4.78 is 5.98. The highest BCUT2D eigenvalue weighted by Gasteiger charge is 2.57. The lowest BCUT2D eigenvalue weighted by Crippen LogP contribution is -2.62. The van der Waals surface area contributed by atoms with E-state index < -0.39 is 24.2 Å². The number of rotatable bonds is 12. The lowest BCUT2D eigenvalue weighted by atomic mass is 9.45. The van der Waals surface area contributed by atoms with Crippen LogP contribution in [0.4, 0.5) is 5.69 Å². The normalized spacial score (nSPS) is 28.2. The Balaban J connectivity index is 1.46. The fourth-order valence-corrected chi connectivity index (χ4v) is 8.26. The minimum absolute atomic E-state index is 0.0302. The Hall–Kier alpha value is -3.71. The quantitative estimate of drug-likeness (QED) is 0.147. The maximum atomic E-state index is 14.1. The SMILES string of the molecule is COc1c(CN2O[C@@H](CO)[C@H]([C@H](C)O)[C@H]2C(=O)N[C@H]2C[C@@H]3C[C@@H]([C@@H]2C)C3(C)C)cccc1-c1cc(C(=O)NCC(=N)N)cc(N(C)C)c1. The molecule has 8 atom stereocenters. The van der Waals surface area contributed by atoms with Gasteiger partial charge in [0.25, 0.3) is 5.91 Å². The first-order chi connectivity index (χ1) is 22.7. The zero-order chi connectivity index (χ0) is 35.1. The molecular weight excluding hydrogens is 612 g/mol. The van der Waals surface area contributed by atoms with Crippen molar-refractivity contribution in [2.24, 2.45) is 34.8 Å². The number of amidine groups is 1. The van der Waals surface area contributed by atoms with Crippen molar-refractivity contribution in [1.29, 1.82) is 5.41 Å². The van der Waals surface area contributed by atoms with E-state index in [2.05, 4.69) is 31.4 Å². The summed E-state index contributed by atoms with van der Waals surface area (Å²) >= 11 is 0. The standard InChI is InChI=1S/C36H52N6O6/c1-19-27-14-24(36(27,3)4)15-28(19)40-35(46)32-31(20(2)44)29(18-43)48-42(32)17-21-9-8-10-26(33(21)47-7)22-11-23(13-25(12-22)41(5)6)34(45)39-16-30(37)38/h8-13,19-20,24,27-29,31-32,43-44H,14-18H2,1-7H3,(H3,37,38)(H,39,45)(H,40,46)/t19-,20-,24-,27-,28-,29-,31-,32-/m0/s1. The fourth-order valence-electron chi connectivity index (χ4n) is 8.26. The Kier molecular flexibility index (Phi) is 10.4. The number of fused-ring (bicyclic) bond motifs is 2. The van der Waals surface area contributed by atoms with Gasteiger partial charge < -0.3 is 36.2 Å². The molecule has 1 heterocycles. The molecule has 4 aliphatic rings. The third-order valence-electron chi connectivity index (χ3n) is 11.1. The number of hydrogen-bond acceptors (Lipinski definition) is 9. The molecule has 0 spiro atoms. The van der Waals surface area contributed by atoms with Crippen LogP contribution in [0, 0.1) is 34.5 Å². The number of hydrogen-bond donors (Lipinski definition) is 6. The molecule has 1 aliphatic heterocycles.